The molecule has 5 rings (SSSR count). The number of hydrogen-bond donors (Lipinski definition) is 10. The van der Waals surface area contributed by atoms with Gasteiger partial charge in [0.25, 0.3) is 0 Å². The Morgan fingerprint density at radius 1 is 0.698 bits per heavy atom. The number of hydrogen-bond acceptors (Lipinski definition) is 16. The van der Waals surface area contributed by atoms with Crippen LogP contribution in [0.15, 0.2) is 45.6 Å². The van der Waals surface area contributed by atoms with E-state index in [1.165, 1.54) is 18.2 Å². The largest absolute Gasteiger partial charge is 0.507 e. The molecule has 0 radical (unpaired) electrons. The lowest BCUT2D eigenvalue weighted by molar-refractivity contribution is -0.352. The number of fused-ring (bicyclic) bond motifs is 1. The van der Waals surface area contributed by atoms with Crippen LogP contribution in [0.25, 0.3) is 22.3 Å². The van der Waals surface area contributed by atoms with E-state index in [0.717, 1.165) is 18.2 Å². The lowest BCUT2D eigenvalue weighted by Crippen LogP contribution is -2.65. The van der Waals surface area contributed by atoms with Crippen LogP contribution in [-0.4, -0.2) is 126 Å². The molecule has 2 fully saturated rings. The van der Waals surface area contributed by atoms with Gasteiger partial charge in [-0.2, -0.15) is 0 Å². The highest BCUT2D eigenvalue weighted by Crippen LogP contribution is 2.36. The Morgan fingerprint density at radius 2 is 1.37 bits per heavy atom. The average molecular weight is 611 g/mol. The Morgan fingerprint density at radius 3 is 2.05 bits per heavy atom. The molecule has 10 N–H and O–H groups in total. The lowest BCUT2D eigenvalue weighted by Gasteiger charge is -2.45. The normalized spacial score (nSPS) is 33.0. The number of ether oxygens (including phenoxy) is 4. The monoisotopic (exact) mass is 610 g/mol. The van der Waals surface area contributed by atoms with Crippen LogP contribution in [0.2, 0.25) is 0 Å². The molecule has 16 heteroatoms. The van der Waals surface area contributed by atoms with Crippen molar-refractivity contribution in [3.63, 3.8) is 0 Å². The van der Waals surface area contributed by atoms with Crippen molar-refractivity contribution in [3.8, 4) is 34.3 Å². The average Bonchev–Trinajstić information content (AvgIpc) is 2.97. The molecule has 0 spiro atoms. The molecular formula is C27H30O16. The summed E-state index contributed by atoms with van der Waals surface area (Å²) in [5.41, 5.74) is -0.588. The third-order valence-corrected chi connectivity index (χ3v) is 7.26. The van der Waals surface area contributed by atoms with E-state index < -0.39 is 97.3 Å². The minimum atomic E-state index is -1.87. The van der Waals surface area contributed by atoms with Crippen LogP contribution in [0.4, 0.5) is 0 Å². The molecule has 0 unspecified atom stereocenters. The van der Waals surface area contributed by atoms with Crippen molar-refractivity contribution < 1.29 is 74.4 Å². The summed E-state index contributed by atoms with van der Waals surface area (Å²) in [5, 5.41) is 101. The van der Waals surface area contributed by atoms with Gasteiger partial charge in [0.1, 0.15) is 77.1 Å². The molecule has 234 valence electrons. The number of aromatic hydroxyl groups is 3. The number of aliphatic hydroxyl groups is 7. The molecule has 2 aliphatic rings. The van der Waals surface area contributed by atoms with Crippen molar-refractivity contribution in [2.24, 2.45) is 0 Å². The number of phenolic OH excluding ortho intramolecular Hbond substituents is 3. The van der Waals surface area contributed by atoms with Crippen LogP contribution in [0.1, 0.15) is 0 Å². The lowest BCUT2D eigenvalue weighted by atomic mass is 9.97. The van der Waals surface area contributed by atoms with Crippen LogP contribution in [0, 0.1) is 0 Å². The van der Waals surface area contributed by atoms with E-state index in [9.17, 15) is 55.9 Å². The van der Waals surface area contributed by atoms with Crippen LogP contribution >= 0.6 is 0 Å². The molecule has 16 nitrogen and oxygen atoms in total. The second-order valence-electron chi connectivity index (χ2n) is 10.1. The maximum Gasteiger partial charge on any atom is 0.229 e. The van der Waals surface area contributed by atoms with Gasteiger partial charge in [0, 0.05) is 23.8 Å². The van der Waals surface area contributed by atoms with Gasteiger partial charge in [-0.1, -0.05) is 0 Å². The fourth-order valence-corrected chi connectivity index (χ4v) is 4.92. The van der Waals surface area contributed by atoms with Crippen molar-refractivity contribution in [2.75, 3.05) is 13.2 Å². The van der Waals surface area contributed by atoms with Crippen molar-refractivity contribution in [2.45, 2.75) is 61.4 Å². The number of aliphatic hydroxyl groups excluding tert-OH is 7. The second-order valence-corrected chi connectivity index (χ2v) is 10.1. The molecule has 1 aromatic heterocycles. The Hall–Kier alpha value is -3.55. The molecule has 2 aliphatic heterocycles. The van der Waals surface area contributed by atoms with Crippen LogP contribution in [0.5, 0.6) is 23.0 Å². The zero-order valence-electron chi connectivity index (χ0n) is 22.1. The van der Waals surface area contributed by atoms with Crippen LogP contribution < -0.4 is 10.2 Å². The van der Waals surface area contributed by atoms with Crippen molar-refractivity contribution >= 4 is 11.0 Å². The molecule has 2 aromatic carbocycles. The van der Waals surface area contributed by atoms with E-state index in [1.807, 2.05) is 0 Å². The molecule has 43 heavy (non-hydrogen) atoms. The predicted octanol–water partition coefficient (Wildman–Crippen LogP) is -2.42. The first-order valence-electron chi connectivity index (χ1n) is 13.0. The Labute approximate surface area is 241 Å². The Bertz CT molecular complexity index is 1500. The van der Waals surface area contributed by atoms with E-state index in [0.29, 0.717) is 0 Å². The SMILES string of the molecule is O=c1cc(-c2ccc(O)c(O)c2)oc2cc(O[C@@H]3O[C@H](CO)[C@H](O[C@@H]4O[C@H](CO)[C@H](O)[C@H](O)[C@H]4O)[C@H](O)[C@H]3O)cc(O)c12. The van der Waals surface area contributed by atoms with Gasteiger partial charge in [0.05, 0.1) is 13.2 Å². The first-order chi connectivity index (χ1) is 20.4. The molecule has 0 saturated carbocycles. The summed E-state index contributed by atoms with van der Waals surface area (Å²) in [6.45, 7) is -1.54. The van der Waals surface area contributed by atoms with Crippen LogP contribution in [0.3, 0.4) is 0 Å². The Kier molecular flexibility index (Phi) is 8.77. The number of phenols is 3. The van der Waals surface area contributed by atoms with Gasteiger partial charge in [0.2, 0.25) is 6.29 Å². The van der Waals surface area contributed by atoms with E-state index in [4.69, 9.17) is 23.4 Å². The summed E-state index contributed by atoms with van der Waals surface area (Å²) >= 11 is 0. The van der Waals surface area contributed by atoms with Gasteiger partial charge in [-0.25, -0.2) is 0 Å². The number of rotatable bonds is 7. The zero-order valence-corrected chi connectivity index (χ0v) is 22.1. The first kappa shape index (κ1) is 30.9. The smallest absolute Gasteiger partial charge is 0.229 e. The summed E-state index contributed by atoms with van der Waals surface area (Å²) in [7, 11) is 0. The van der Waals surface area contributed by atoms with Gasteiger partial charge < -0.3 is 74.4 Å². The standard InChI is InChI=1S/C27H30O16/c28-7-17-20(34)21(35)23(37)27(41-17)43-25-18(8-29)42-26(24(38)22(25)36)39-10-4-13(32)19-14(33)6-15(40-16(19)5-10)9-1-2-11(30)12(31)3-9/h1-6,17-18,20-32,34-38H,7-8H2/t17-,18-,20+,21+,22-,23-,24-,25+,26-,27+/m1/s1. The minimum Gasteiger partial charge on any atom is -0.507 e. The molecule has 0 bridgehead atoms. The quantitative estimate of drug-likeness (QED) is 0.125. The van der Waals surface area contributed by atoms with Gasteiger partial charge >= 0.3 is 0 Å². The Balaban J connectivity index is 1.38. The highest BCUT2D eigenvalue weighted by atomic mass is 16.7. The zero-order chi connectivity index (χ0) is 31.2. The van der Waals surface area contributed by atoms with E-state index in [1.54, 1.807) is 0 Å². The molecule has 0 amide bonds. The fourth-order valence-electron chi connectivity index (χ4n) is 4.92. The summed E-state index contributed by atoms with van der Waals surface area (Å²) in [5.74, 6) is -1.64. The number of benzene rings is 2. The van der Waals surface area contributed by atoms with Gasteiger partial charge in [0.15, 0.2) is 23.2 Å². The maximum atomic E-state index is 12.7. The molecule has 3 heterocycles. The van der Waals surface area contributed by atoms with Crippen molar-refractivity contribution in [1.29, 1.82) is 0 Å². The van der Waals surface area contributed by atoms with E-state index in [-0.39, 0.29) is 28.0 Å². The highest BCUT2D eigenvalue weighted by Gasteiger charge is 2.51. The summed E-state index contributed by atoms with van der Waals surface area (Å²) in [6, 6.07) is 7.01. The molecule has 0 aliphatic carbocycles. The molecule has 3 aromatic rings. The summed E-state index contributed by atoms with van der Waals surface area (Å²) < 4.78 is 27.7. The van der Waals surface area contributed by atoms with Gasteiger partial charge in [-0.15, -0.1) is 0 Å². The van der Waals surface area contributed by atoms with E-state index in [2.05, 4.69) is 0 Å². The second kappa shape index (κ2) is 12.2. The van der Waals surface area contributed by atoms with Gasteiger partial charge in [-0.3, -0.25) is 4.79 Å². The minimum absolute atomic E-state index is 0.0257. The van der Waals surface area contributed by atoms with Crippen LogP contribution in [-0.2, 0) is 14.2 Å². The summed E-state index contributed by atoms with van der Waals surface area (Å²) in [6.07, 6.45) is -16.7. The highest BCUT2D eigenvalue weighted by molar-refractivity contribution is 5.86. The molecular weight excluding hydrogens is 580 g/mol. The fraction of sp³-hybridized carbons (Fsp3) is 0.444. The molecule has 2 saturated heterocycles. The topological polar surface area (TPSA) is 269 Å². The van der Waals surface area contributed by atoms with E-state index >= 15 is 0 Å². The van der Waals surface area contributed by atoms with Crippen molar-refractivity contribution in [3.05, 3.63) is 46.6 Å². The van der Waals surface area contributed by atoms with Crippen molar-refractivity contribution in [1.82, 2.24) is 0 Å². The summed E-state index contributed by atoms with van der Waals surface area (Å²) in [4.78, 5) is 12.7. The third kappa shape index (κ3) is 5.85. The predicted molar refractivity (Wildman–Crippen MR) is 140 cm³/mol. The van der Waals surface area contributed by atoms with Gasteiger partial charge in [-0.05, 0) is 18.2 Å². The third-order valence-electron chi connectivity index (χ3n) is 7.26. The first-order valence-corrected chi connectivity index (χ1v) is 13.0. The maximum absolute atomic E-state index is 12.7. The molecule has 10 atom stereocenters.